The van der Waals surface area contributed by atoms with E-state index in [2.05, 4.69) is 27.9 Å². The van der Waals surface area contributed by atoms with Crippen LogP contribution in [0.3, 0.4) is 0 Å². The van der Waals surface area contributed by atoms with Crippen molar-refractivity contribution in [3.8, 4) is 0 Å². The van der Waals surface area contributed by atoms with Gasteiger partial charge in [0.05, 0.1) is 0 Å². The van der Waals surface area contributed by atoms with Gasteiger partial charge in [0.2, 0.25) is 0 Å². The molecule has 1 aliphatic rings. The topological polar surface area (TPSA) is 55.1 Å². The fraction of sp³-hybridized carbons (Fsp3) is 0.533. The molecule has 1 aromatic carbocycles. The number of nitrogens with two attached hydrogens (primary N) is 1. The van der Waals surface area contributed by atoms with Crippen molar-refractivity contribution in [2.45, 2.75) is 38.6 Å². The van der Waals surface area contributed by atoms with Gasteiger partial charge >= 0.3 is 0 Å². The normalized spacial score (nSPS) is 23.1. The Morgan fingerprint density at radius 1 is 1.42 bits per heavy atom. The Labute approximate surface area is 128 Å². The molecular weight excluding hydrogens is 351 g/mol. The lowest BCUT2D eigenvalue weighted by atomic mass is 9.84. The van der Waals surface area contributed by atoms with Crippen LogP contribution in [0.25, 0.3) is 0 Å². The lowest BCUT2D eigenvalue weighted by molar-refractivity contribution is 0.0907. The average molecular weight is 372 g/mol. The molecule has 2 atom stereocenters. The quantitative estimate of drug-likeness (QED) is 0.802. The lowest BCUT2D eigenvalue weighted by Crippen LogP contribution is -2.44. The van der Waals surface area contributed by atoms with Gasteiger partial charge in [0.15, 0.2) is 0 Å². The van der Waals surface area contributed by atoms with Crippen LogP contribution in [0.2, 0.25) is 0 Å². The molecule has 0 aromatic heterocycles. The Morgan fingerprint density at radius 3 is 2.89 bits per heavy atom. The molecule has 3 N–H and O–H groups in total. The van der Waals surface area contributed by atoms with Gasteiger partial charge in [-0.3, -0.25) is 4.79 Å². The maximum atomic E-state index is 12.4. The predicted octanol–water partition coefficient (Wildman–Crippen LogP) is 2.85. The smallest absolute Gasteiger partial charge is 0.251 e. The molecule has 3 nitrogen and oxygen atoms in total. The van der Waals surface area contributed by atoms with Gasteiger partial charge in [-0.25, -0.2) is 0 Å². The van der Waals surface area contributed by atoms with Crippen LogP contribution in [-0.4, -0.2) is 18.5 Å². The van der Waals surface area contributed by atoms with Crippen LogP contribution >= 0.6 is 22.6 Å². The molecule has 1 aliphatic carbocycles. The van der Waals surface area contributed by atoms with E-state index in [9.17, 15) is 4.79 Å². The number of nitrogens with one attached hydrogen (secondary N) is 1. The molecular formula is C15H21IN2O. The second-order valence-corrected chi connectivity index (χ2v) is 6.43. The first-order valence-electron chi connectivity index (χ1n) is 6.89. The van der Waals surface area contributed by atoms with Gasteiger partial charge in [0.25, 0.3) is 5.91 Å². The molecule has 0 heterocycles. The summed E-state index contributed by atoms with van der Waals surface area (Å²) in [5.74, 6) is 0.474. The third-order valence-electron chi connectivity index (χ3n) is 4.04. The van der Waals surface area contributed by atoms with E-state index in [-0.39, 0.29) is 11.9 Å². The molecule has 0 spiro atoms. The summed E-state index contributed by atoms with van der Waals surface area (Å²) < 4.78 is 1.13. The van der Waals surface area contributed by atoms with E-state index >= 15 is 0 Å². The molecule has 0 saturated heterocycles. The van der Waals surface area contributed by atoms with Gasteiger partial charge in [0, 0.05) is 15.2 Å². The molecule has 19 heavy (non-hydrogen) atoms. The summed E-state index contributed by atoms with van der Waals surface area (Å²) in [4.78, 5) is 12.4. The maximum absolute atomic E-state index is 12.4. The van der Waals surface area contributed by atoms with Crippen molar-refractivity contribution in [1.29, 1.82) is 0 Å². The van der Waals surface area contributed by atoms with Crippen molar-refractivity contribution in [1.82, 2.24) is 5.32 Å². The SMILES string of the molecule is Cc1c(I)cccc1C(=O)NC1CCCCC1CN. The van der Waals surface area contributed by atoms with E-state index in [0.717, 1.165) is 27.5 Å². The highest BCUT2D eigenvalue weighted by atomic mass is 127. The van der Waals surface area contributed by atoms with E-state index in [1.54, 1.807) is 0 Å². The molecule has 0 bridgehead atoms. The third-order valence-corrected chi connectivity index (χ3v) is 5.21. The second-order valence-electron chi connectivity index (χ2n) is 5.27. The molecule has 1 aromatic rings. The van der Waals surface area contributed by atoms with Crippen LogP contribution in [-0.2, 0) is 0 Å². The number of rotatable bonds is 3. The summed E-state index contributed by atoms with van der Waals surface area (Å²) in [5, 5.41) is 3.18. The summed E-state index contributed by atoms with van der Waals surface area (Å²) in [6.07, 6.45) is 4.60. The highest BCUT2D eigenvalue weighted by Gasteiger charge is 2.26. The van der Waals surface area contributed by atoms with Gasteiger partial charge < -0.3 is 11.1 Å². The largest absolute Gasteiger partial charge is 0.349 e. The molecule has 0 radical (unpaired) electrons. The van der Waals surface area contributed by atoms with Gasteiger partial charge in [-0.05, 0) is 72.5 Å². The zero-order valence-corrected chi connectivity index (χ0v) is 13.4. The minimum absolute atomic E-state index is 0.0429. The number of amides is 1. The Hall–Kier alpha value is -0.620. The van der Waals surface area contributed by atoms with Crippen molar-refractivity contribution < 1.29 is 4.79 Å². The van der Waals surface area contributed by atoms with Crippen LogP contribution in [0.4, 0.5) is 0 Å². The Balaban J connectivity index is 2.09. The van der Waals surface area contributed by atoms with Gasteiger partial charge in [-0.2, -0.15) is 0 Å². The Kier molecular flexibility index (Phi) is 5.21. The molecule has 0 aliphatic heterocycles. The van der Waals surface area contributed by atoms with E-state index < -0.39 is 0 Å². The first-order valence-corrected chi connectivity index (χ1v) is 7.97. The zero-order valence-electron chi connectivity index (χ0n) is 11.3. The van der Waals surface area contributed by atoms with E-state index in [1.807, 2.05) is 25.1 Å². The van der Waals surface area contributed by atoms with Crippen molar-refractivity contribution in [3.05, 3.63) is 32.9 Å². The highest BCUT2D eigenvalue weighted by Crippen LogP contribution is 2.24. The molecule has 104 valence electrons. The van der Waals surface area contributed by atoms with Crippen molar-refractivity contribution in [3.63, 3.8) is 0 Å². The van der Waals surface area contributed by atoms with E-state index in [4.69, 9.17) is 5.73 Å². The maximum Gasteiger partial charge on any atom is 0.251 e. The van der Waals surface area contributed by atoms with Crippen LogP contribution in [0.15, 0.2) is 18.2 Å². The fourth-order valence-corrected chi connectivity index (χ4v) is 3.28. The first kappa shape index (κ1) is 14.8. The molecule has 2 unspecified atom stereocenters. The number of hydrogen-bond acceptors (Lipinski definition) is 2. The van der Waals surface area contributed by atoms with Gasteiger partial charge in [-0.15, -0.1) is 0 Å². The number of carbonyl (C=O) groups is 1. The third kappa shape index (κ3) is 3.48. The van der Waals surface area contributed by atoms with Gasteiger partial charge in [0.1, 0.15) is 0 Å². The summed E-state index contributed by atoms with van der Waals surface area (Å²) in [6, 6.07) is 6.09. The van der Waals surface area contributed by atoms with Crippen LogP contribution in [0.5, 0.6) is 0 Å². The number of halogens is 1. The molecule has 1 saturated carbocycles. The molecule has 1 amide bonds. The lowest BCUT2D eigenvalue weighted by Gasteiger charge is -2.31. The van der Waals surface area contributed by atoms with E-state index in [1.165, 1.54) is 12.8 Å². The minimum atomic E-state index is 0.0429. The predicted molar refractivity (Wildman–Crippen MR) is 86.2 cm³/mol. The second kappa shape index (κ2) is 6.70. The minimum Gasteiger partial charge on any atom is -0.349 e. The van der Waals surface area contributed by atoms with Crippen molar-refractivity contribution >= 4 is 28.5 Å². The number of benzene rings is 1. The Morgan fingerprint density at radius 2 is 2.16 bits per heavy atom. The van der Waals surface area contributed by atoms with E-state index in [0.29, 0.717) is 12.5 Å². The van der Waals surface area contributed by atoms with Crippen molar-refractivity contribution in [2.75, 3.05) is 6.54 Å². The van der Waals surface area contributed by atoms with Crippen LogP contribution in [0.1, 0.15) is 41.6 Å². The fourth-order valence-electron chi connectivity index (χ4n) is 2.78. The number of hydrogen-bond donors (Lipinski definition) is 2. The molecule has 2 rings (SSSR count). The first-order chi connectivity index (χ1) is 9.13. The molecule has 1 fully saturated rings. The Bertz CT molecular complexity index is 461. The summed E-state index contributed by atoms with van der Waals surface area (Å²) in [6.45, 7) is 2.66. The standard InChI is InChI=1S/C15H21IN2O/c1-10-12(6-4-7-13(10)16)15(19)18-14-8-3-2-5-11(14)9-17/h4,6-7,11,14H,2-3,5,8-9,17H2,1H3,(H,18,19). The molecule has 4 heteroatoms. The van der Waals surface area contributed by atoms with Crippen LogP contribution < -0.4 is 11.1 Å². The summed E-state index contributed by atoms with van der Waals surface area (Å²) in [5.41, 5.74) is 7.65. The summed E-state index contributed by atoms with van der Waals surface area (Å²) >= 11 is 2.27. The van der Waals surface area contributed by atoms with Crippen molar-refractivity contribution in [2.24, 2.45) is 11.7 Å². The monoisotopic (exact) mass is 372 g/mol. The van der Waals surface area contributed by atoms with Gasteiger partial charge in [-0.1, -0.05) is 18.9 Å². The summed E-state index contributed by atoms with van der Waals surface area (Å²) in [7, 11) is 0. The number of carbonyl (C=O) groups excluding carboxylic acids is 1. The highest BCUT2D eigenvalue weighted by molar-refractivity contribution is 14.1. The average Bonchev–Trinajstić information content (AvgIpc) is 2.42. The van der Waals surface area contributed by atoms with Crippen LogP contribution in [0, 0.1) is 16.4 Å². The zero-order chi connectivity index (χ0) is 13.8.